The van der Waals surface area contributed by atoms with Crippen LogP contribution in [0.25, 0.3) is 0 Å². The molecule has 0 saturated carbocycles. The number of aliphatic hydroxyl groups is 1. The summed E-state index contributed by atoms with van der Waals surface area (Å²) in [6.45, 7) is 6.96. The van der Waals surface area contributed by atoms with Gasteiger partial charge in [0.15, 0.2) is 11.6 Å². The van der Waals surface area contributed by atoms with E-state index in [0.717, 1.165) is 13.0 Å². The highest BCUT2D eigenvalue weighted by Crippen LogP contribution is 2.25. The Kier molecular flexibility index (Phi) is 3.84. The van der Waals surface area contributed by atoms with Gasteiger partial charge in [0.2, 0.25) is 0 Å². The molecule has 2 aromatic heterocycles. The fourth-order valence-corrected chi connectivity index (χ4v) is 1.79. The van der Waals surface area contributed by atoms with E-state index >= 15 is 0 Å². The first-order valence-electron chi connectivity index (χ1n) is 6.25. The first-order valence-corrected chi connectivity index (χ1v) is 6.25. The highest BCUT2D eigenvalue weighted by molar-refractivity contribution is 5.15. The van der Waals surface area contributed by atoms with E-state index in [1.54, 1.807) is 9.48 Å². The van der Waals surface area contributed by atoms with Gasteiger partial charge in [0.05, 0.1) is 25.1 Å². The molecule has 0 aromatic carbocycles. The first-order chi connectivity index (χ1) is 9.09. The summed E-state index contributed by atoms with van der Waals surface area (Å²) in [5, 5.41) is 33.0. The Morgan fingerprint density at radius 3 is 2.63 bits per heavy atom. The number of aromatic nitrogens is 8. The number of aliphatic hydroxyl groups excluding tert-OH is 1. The predicted octanol–water partition coefficient (Wildman–Crippen LogP) is -0.612. The minimum atomic E-state index is -0.565. The molecule has 0 spiro atoms. The van der Waals surface area contributed by atoms with E-state index in [0.29, 0.717) is 18.2 Å². The van der Waals surface area contributed by atoms with Crippen LogP contribution in [0.1, 0.15) is 38.8 Å². The summed E-state index contributed by atoms with van der Waals surface area (Å²) in [7, 11) is 0. The van der Waals surface area contributed by atoms with Crippen LogP contribution in [0.4, 0.5) is 0 Å². The van der Waals surface area contributed by atoms with Crippen molar-refractivity contribution in [3.8, 4) is 0 Å². The molecule has 2 heterocycles. The van der Waals surface area contributed by atoms with E-state index in [-0.39, 0.29) is 6.61 Å². The Labute approximate surface area is 110 Å². The van der Waals surface area contributed by atoms with E-state index in [2.05, 4.69) is 37.9 Å². The number of hydrogen-bond donors (Lipinski definition) is 1. The minimum Gasteiger partial charge on any atom is -0.394 e. The van der Waals surface area contributed by atoms with Crippen molar-refractivity contribution < 1.29 is 5.11 Å². The van der Waals surface area contributed by atoms with Gasteiger partial charge in [-0.25, -0.2) is 4.68 Å². The van der Waals surface area contributed by atoms with Gasteiger partial charge >= 0.3 is 0 Å². The van der Waals surface area contributed by atoms with Crippen LogP contribution in [0.3, 0.4) is 0 Å². The summed E-state index contributed by atoms with van der Waals surface area (Å²) in [6.07, 6.45) is 0.943. The number of aryl methyl sites for hydroxylation is 1. The van der Waals surface area contributed by atoms with Gasteiger partial charge in [0.25, 0.3) is 0 Å². The van der Waals surface area contributed by atoms with Crippen molar-refractivity contribution in [2.45, 2.75) is 45.7 Å². The van der Waals surface area contributed by atoms with Crippen molar-refractivity contribution in [2.24, 2.45) is 0 Å². The summed E-state index contributed by atoms with van der Waals surface area (Å²) >= 11 is 0. The van der Waals surface area contributed by atoms with Gasteiger partial charge in [-0.15, -0.1) is 15.3 Å². The molecular weight excluding hydrogens is 248 g/mol. The molecule has 0 bridgehead atoms. The van der Waals surface area contributed by atoms with Gasteiger partial charge in [-0.1, -0.05) is 6.92 Å². The summed E-state index contributed by atoms with van der Waals surface area (Å²) in [5.41, 5.74) is -0.565. The third-order valence-corrected chi connectivity index (χ3v) is 2.84. The largest absolute Gasteiger partial charge is 0.394 e. The maximum absolute atomic E-state index is 9.01. The molecule has 0 aliphatic carbocycles. The molecule has 0 atom stereocenters. The highest BCUT2D eigenvalue weighted by Gasteiger charge is 2.34. The molecule has 0 aliphatic rings. The Hall–Kier alpha value is -1.90. The van der Waals surface area contributed by atoms with E-state index in [1.165, 1.54) is 0 Å². The second kappa shape index (κ2) is 5.39. The van der Waals surface area contributed by atoms with Crippen molar-refractivity contribution in [1.82, 2.24) is 40.4 Å². The molecule has 0 amide bonds. The second-order valence-electron chi connectivity index (χ2n) is 4.78. The van der Waals surface area contributed by atoms with E-state index in [9.17, 15) is 0 Å². The molecule has 0 radical (unpaired) electrons. The molecule has 0 saturated heterocycles. The van der Waals surface area contributed by atoms with Crippen LogP contribution in [0.5, 0.6) is 0 Å². The van der Waals surface area contributed by atoms with Crippen LogP contribution in [0, 0.1) is 0 Å². The van der Waals surface area contributed by atoms with Gasteiger partial charge < -0.3 is 5.11 Å². The van der Waals surface area contributed by atoms with Crippen LogP contribution >= 0.6 is 0 Å². The van der Waals surface area contributed by atoms with Crippen molar-refractivity contribution in [2.75, 3.05) is 6.61 Å². The van der Waals surface area contributed by atoms with Crippen molar-refractivity contribution in [3.05, 3.63) is 11.6 Å². The van der Waals surface area contributed by atoms with Crippen LogP contribution in [-0.2, 0) is 18.5 Å². The van der Waals surface area contributed by atoms with Crippen molar-refractivity contribution >= 4 is 0 Å². The monoisotopic (exact) mass is 266 g/mol. The lowest BCUT2D eigenvalue weighted by atomic mass is 9.91. The lowest BCUT2D eigenvalue weighted by Gasteiger charge is -2.18. The van der Waals surface area contributed by atoms with Gasteiger partial charge in [-0.3, -0.25) is 0 Å². The fraction of sp³-hybridized carbons (Fsp3) is 0.800. The Bertz CT molecular complexity index is 531. The number of nitrogens with zero attached hydrogens (tertiary/aromatic N) is 8. The Morgan fingerprint density at radius 1 is 1.16 bits per heavy atom. The summed E-state index contributed by atoms with van der Waals surface area (Å²) in [5.74, 6) is 1.17. The average Bonchev–Trinajstić information content (AvgIpc) is 2.99. The van der Waals surface area contributed by atoms with Crippen molar-refractivity contribution in [1.29, 1.82) is 0 Å². The zero-order valence-corrected chi connectivity index (χ0v) is 11.4. The summed E-state index contributed by atoms with van der Waals surface area (Å²) in [6, 6.07) is 0. The second-order valence-corrected chi connectivity index (χ2v) is 4.78. The third-order valence-electron chi connectivity index (χ3n) is 2.84. The van der Waals surface area contributed by atoms with Crippen molar-refractivity contribution in [3.63, 3.8) is 0 Å². The number of hydrogen-bond acceptors (Lipinski definition) is 7. The normalized spacial score (nSPS) is 12.0. The first kappa shape index (κ1) is 13.5. The standard InChI is InChI=1S/C10H18N8O/c1-4-5-18-13-8(11-15-18)10(2,3)9-12-14-16-17(9)6-7-19/h19H,4-7H2,1-3H3. The molecule has 9 nitrogen and oxygen atoms in total. The molecular formula is C10H18N8O. The molecule has 9 heteroatoms. The Morgan fingerprint density at radius 2 is 1.95 bits per heavy atom. The zero-order chi connectivity index (χ0) is 13.9. The predicted molar refractivity (Wildman–Crippen MR) is 65.1 cm³/mol. The molecule has 2 aromatic rings. The molecule has 0 aliphatic heterocycles. The Balaban J connectivity index is 2.31. The van der Waals surface area contributed by atoms with Gasteiger partial charge in [0.1, 0.15) is 0 Å². The molecule has 19 heavy (non-hydrogen) atoms. The lowest BCUT2D eigenvalue weighted by Crippen LogP contribution is -2.27. The lowest BCUT2D eigenvalue weighted by molar-refractivity contribution is 0.262. The van der Waals surface area contributed by atoms with Crippen LogP contribution in [0.2, 0.25) is 0 Å². The van der Waals surface area contributed by atoms with Crippen LogP contribution < -0.4 is 0 Å². The number of tetrazole rings is 2. The minimum absolute atomic E-state index is 0.0237. The fourth-order valence-electron chi connectivity index (χ4n) is 1.79. The number of rotatable bonds is 6. The smallest absolute Gasteiger partial charge is 0.188 e. The maximum atomic E-state index is 9.01. The summed E-state index contributed by atoms with van der Waals surface area (Å²) in [4.78, 5) is 1.57. The quantitative estimate of drug-likeness (QED) is 0.742. The van der Waals surface area contributed by atoms with Gasteiger partial charge in [-0.2, -0.15) is 4.80 Å². The molecule has 0 fully saturated rings. The average molecular weight is 266 g/mol. The van der Waals surface area contributed by atoms with Crippen LogP contribution in [0.15, 0.2) is 0 Å². The molecule has 104 valence electrons. The van der Waals surface area contributed by atoms with E-state index < -0.39 is 5.41 Å². The van der Waals surface area contributed by atoms with Gasteiger partial charge in [0, 0.05) is 0 Å². The third kappa shape index (κ3) is 2.60. The van der Waals surface area contributed by atoms with E-state index in [1.807, 2.05) is 13.8 Å². The maximum Gasteiger partial charge on any atom is 0.188 e. The zero-order valence-electron chi connectivity index (χ0n) is 11.4. The highest BCUT2D eigenvalue weighted by atomic mass is 16.3. The molecule has 2 rings (SSSR count). The molecule has 1 N–H and O–H groups in total. The van der Waals surface area contributed by atoms with Crippen LogP contribution in [-0.4, -0.2) is 52.1 Å². The molecule has 0 unspecified atom stereocenters. The SMILES string of the molecule is CCCn1nnc(C(C)(C)c2nnnn2CCO)n1. The topological polar surface area (TPSA) is 107 Å². The van der Waals surface area contributed by atoms with E-state index in [4.69, 9.17) is 5.11 Å². The summed E-state index contributed by atoms with van der Waals surface area (Å²) < 4.78 is 1.56. The van der Waals surface area contributed by atoms with Gasteiger partial charge in [-0.05, 0) is 35.9 Å².